The predicted molar refractivity (Wildman–Crippen MR) is 125 cm³/mol. The first-order valence-electron chi connectivity index (χ1n) is 10.8. The van der Waals surface area contributed by atoms with Gasteiger partial charge in [0.05, 0.1) is 6.10 Å². The highest BCUT2D eigenvalue weighted by atomic mass is 16.6. The van der Waals surface area contributed by atoms with Crippen LogP contribution >= 0.6 is 0 Å². The molecule has 0 aromatic heterocycles. The standard InChI is InChI=1S/C25H24O12/c26-15-5-1-13(9-17(15)28)3-7-21(31)36-20-12-25(24(34)35,11-19(30)23(20)33)37-22(32)8-4-14-2-6-16(27)18(29)10-14/h1-10,19-20,23,26-30,33H,11-12H2,(H,34,35)/b7-3+,8-4+/t19-,20?,23-,25+/m1/s1. The number of rotatable bonds is 7. The Bertz CT molecular complexity index is 1250. The van der Waals surface area contributed by atoms with Crippen molar-refractivity contribution < 1.29 is 59.6 Å². The molecule has 0 saturated heterocycles. The highest BCUT2D eigenvalue weighted by Crippen LogP contribution is 2.35. The average molecular weight is 516 g/mol. The Hall–Kier alpha value is -4.55. The first kappa shape index (κ1) is 27.0. The minimum absolute atomic E-state index is 0.288. The van der Waals surface area contributed by atoms with Gasteiger partial charge in [0, 0.05) is 25.0 Å². The summed E-state index contributed by atoms with van der Waals surface area (Å²) in [6.07, 6.45) is -2.09. The largest absolute Gasteiger partial charge is 0.504 e. The smallest absolute Gasteiger partial charge is 0.348 e. The van der Waals surface area contributed by atoms with Gasteiger partial charge in [-0.05, 0) is 47.5 Å². The summed E-state index contributed by atoms with van der Waals surface area (Å²) >= 11 is 0. The summed E-state index contributed by atoms with van der Waals surface area (Å²) in [6, 6.07) is 7.44. The van der Waals surface area contributed by atoms with Gasteiger partial charge in [0.1, 0.15) is 12.2 Å². The van der Waals surface area contributed by atoms with Crippen molar-refractivity contribution in [3.05, 3.63) is 59.7 Å². The molecule has 0 aliphatic heterocycles. The molecule has 2 aromatic carbocycles. The number of aromatic hydroxyl groups is 4. The highest BCUT2D eigenvalue weighted by Gasteiger charge is 2.54. The Kier molecular flexibility index (Phi) is 8.05. The van der Waals surface area contributed by atoms with Crippen molar-refractivity contribution in [2.45, 2.75) is 36.8 Å². The number of phenols is 4. The summed E-state index contributed by atoms with van der Waals surface area (Å²) in [5, 5.41) is 68.0. The van der Waals surface area contributed by atoms with E-state index in [0.29, 0.717) is 5.56 Å². The Morgan fingerprint density at radius 2 is 1.30 bits per heavy atom. The number of benzene rings is 2. The van der Waals surface area contributed by atoms with Crippen molar-refractivity contribution in [3.63, 3.8) is 0 Å². The van der Waals surface area contributed by atoms with Gasteiger partial charge in [-0.3, -0.25) is 0 Å². The van der Waals surface area contributed by atoms with Gasteiger partial charge in [-0.2, -0.15) is 0 Å². The van der Waals surface area contributed by atoms with E-state index in [0.717, 1.165) is 18.2 Å². The molecule has 0 radical (unpaired) electrons. The molecule has 1 aliphatic carbocycles. The first-order chi connectivity index (χ1) is 17.4. The van der Waals surface area contributed by atoms with E-state index in [4.69, 9.17) is 9.47 Å². The maximum atomic E-state index is 12.4. The van der Waals surface area contributed by atoms with Crippen LogP contribution in [0.4, 0.5) is 0 Å². The maximum Gasteiger partial charge on any atom is 0.348 e. The summed E-state index contributed by atoms with van der Waals surface area (Å²) < 4.78 is 10.2. The van der Waals surface area contributed by atoms with Crippen LogP contribution in [0.25, 0.3) is 12.2 Å². The second-order valence-electron chi connectivity index (χ2n) is 8.33. The number of carboxylic acid groups (broad SMARTS) is 1. The lowest BCUT2D eigenvalue weighted by Gasteiger charge is -2.41. The fourth-order valence-electron chi connectivity index (χ4n) is 3.68. The summed E-state index contributed by atoms with van der Waals surface area (Å²) in [5.41, 5.74) is -1.73. The molecule has 0 spiro atoms. The predicted octanol–water partition coefficient (Wildman–Crippen LogP) is 1.03. The third-order valence-corrected chi connectivity index (χ3v) is 5.62. The van der Waals surface area contributed by atoms with Gasteiger partial charge in [0.15, 0.2) is 23.0 Å². The molecule has 1 fully saturated rings. The van der Waals surface area contributed by atoms with E-state index in [-0.39, 0.29) is 17.1 Å². The molecule has 2 aromatic rings. The van der Waals surface area contributed by atoms with Crippen LogP contribution in [0.15, 0.2) is 48.6 Å². The van der Waals surface area contributed by atoms with E-state index in [2.05, 4.69) is 0 Å². The van der Waals surface area contributed by atoms with Crippen LogP contribution in [0, 0.1) is 0 Å². The quantitative estimate of drug-likeness (QED) is 0.156. The molecule has 12 nitrogen and oxygen atoms in total. The molecule has 196 valence electrons. The monoisotopic (exact) mass is 516 g/mol. The van der Waals surface area contributed by atoms with E-state index in [1.54, 1.807) is 0 Å². The molecule has 0 bridgehead atoms. The van der Waals surface area contributed by atoms with Gasteiger partial charge >= 0.3 is 17.9 Å². The third-order valence-electron chi connectivity index (χ3n) is 5.62. The number of hydrogen-bond acceptors (Lipinski definition) is 11. The van der Waals surface area contributed by atoms with Crippen molar-refractivity contribution in [2.75, 3.05) is 0 Å². The molecule has 4 atom stereocenters. The number of carbonyl (C=O) groups is 3. The summed E-state index contributed by atoms with van der Waals surface area (Å²) in [4.78, 5) is 36.7. The van der Waals surface area contributed by atoms with E-state index >= 15 is 0 Å². The first-order valence-corrected chi connectivity index (χ1v) is 10.8. The number of hydrogen-bond donors (Lipinski definition) is 7. The number of phenolic OH excluding ortho intramolecular Hbond substituents is 4. The van der Waals surface area contributed by atoms with Crippen LogP contribution in [0.1, 0.15) is 24.0 Å². The number of aliphatic hydroxyl groups excluding tert-OH is 2. The average Bonchev–Trinajstić information content (AvgIpc) is 2.83. The lowest BCUT2D eigenvalue weighted by molar-refractivity contribution is -0.207. The molecule has 1 aliphatic rings. The number of carboxylic acids is 1. The van der Waals surface area contributed by atoms with Gasteiger partial charge in [-0.25, -0.2) is 14.4 Å². The zero-order valence-corrected chi connectivity index (χ0v) is 19.1. The minimum atomic E-state index is -2.34. The van der Waals surface area contributed by atoms with Crippen molar-refractivity contribution in [2.24, 2.45) is 0 Å². The van der Waals surface area contributed by atoms with E-state index in [9.17, 15) is 50.1 Å². The zero-order chi connectivity index (χ0) is 27.3. The molecule has 1 unspecified atom stereocenters. The molecule has 7 N–H and O–H groups in total. The second kappa shape index (κ2) is 11.0. The molecular weight excluding hydrogens is 492 g/mol. The van der Waals surface area contributed by atoms with E-state index in [1.807, 2.05) is 0 Å². The molecule has 0 amide bonds. The fraction of sp³-hybridized carbons (Fsp3) is 0.240. The Morgan fingerprint density at radius 1 is 0.784 bits per heavy atom. The SMILES string of the molecule is O=C(/C=C/c1ccc(O)c(O)c1)OC1C[C@](OC(=O)/C=C/c2ccc(O)c(O)c2)(C(=O)O)C[C@@H](O)[C@H]1O. The normalized spacial score (nSPS) is 23.7. The van der Waals surface area contributed by atoms with Crippen LogP contribution in [0.3, 0.4) is 0 Å². The van der Waals surface area contributed by atoms with Crippen molar-refractivity contribution in [1.29, 1.82) is 0 Å². The topological polar surface area (TPSA) is 211 Å². The van der Waals surface area contributed by atoms with Crippen molar-refractivity contribution >= 4 is 30.1 Å². The number of aliphatic hydroxyl groups is 2. The Labute approximate surface area is 209 Å². The molecular formula is C25H24O12. The van der Waals surface area contributed by atoms with Crippen molar-refractivity contribution in [3.8, 4) is 23.0 Å². The summed E-state index contributed by atoms with van der Waals surface area (Å²) in [5.74, 6) is -5.41. The molecule has 37 heavy (non-hydrogen) atoms. The van der Waals surface area contributed by atoms with Gasteiger partial charge in [0.25, 0.3) is 0 Å². The molecule has 12 heteroatoms. The third kappa shape index (κ3) is 6.57. The van der Waals surface area contributed by atoms with E-state index < -0.39 is 66.2 Å². The molecule has 0 heterocycles. The zero-order valence-electron chi connectivity index (χ0n) is 19.1. The lowest BCUT2D eigenvalue weighted by Crippen LogP contribution is -2.58. The lowest BCUT2D eigenvalue weighted by atomic mass is 9.79. The number of ether oxygens (including phenoxy) is 2. The Morgan fingerprint density at radius 3 is 1.78 bits per heavy atom. The second-order valence-corrected chi connectivity index (χ2v) is 8.33. The number of aliphatic carboxylic acids is 1. The number of carbonyl (C=O) groups excluding carboxylic acids is 2. The minimum Gasteiger partial charge on any atom is -0.504 e. The number of esters is 2. The van der Waals surface area contributed by atoms with Crippen LogP contribution in [0.5, 0.6) is 23.0 Å². The maximum absolute atomic E-state index is 12.4. The summed E-state index contributed by atoms with van der Waals surface area (Å²) in [6.45, 7) is 0. The van der Waals surface area contributed by atoms with Crippen LogP contribution < -0.4 is 0 Å². The van der Waals surface area contributed by atoms with Gasteiger partial charge in [-0.15, -0.1) is 0 Å². The highest BCUT2D eigenvalue weighted by molar-refractivity contribution is 5.91. The van der Waals surface area contributed by atoms with Gasteiger partial charge < -0.3 is 45.2 Å². The van der Waals surface area contributed by atoms with Crippen LogP contribution in [0.2, 0.25) is 0 Å². The fourth-order valence-corrected chi connectivity index (χ4v) is 3.68. The van der Waals surface area contributed by atoms with Crippen LogP contribution in [-0.4, -0.2) is 77.6 Å². The van der Waals surface area contributed by atoms with Gasteiger partial charge in [0.2, 0.25) is 5.60 Å². The van der Waals surface area contributed by atoms with E-state index in [1.165, 1.54) is 42.5 Å². The summed E-state index contributed by atoms with van der Waals surface area (Å²) in [7, 11) is 0. The Balaban J connectivity index is 1.73. The molecule has 1 saturated carbocycles. The molecule has 3 rings (SSSR count). The van der Waals surface area contributed by atoms with Gasteiger partial charge in [-0.1, -0.05) is 12.1 Å². The van der Waals surface area contributed by atoms with Crippen molar-refractivity contribution in [1.82, 2.24) is 0 Å². The van der Waals surface area contributed by atoms with Crippen LogP contribution in [-0.2, 0) is 23.9 Å².